The van der Waals surface area contributed by atoms with Crippen molar-refractivity contribution in [3.05, 3.63) is 169 Å². The van der Waals surface area contributed by atoms with Crippen molar-refractivity contribution in [3.63, 3.8) is 0 Å². The van der Waals surface area contributed by atoms with E-state index in [1.807, 2.05) is 22.7 Å². The van der Waals surface area contributed by atoms with E-state index in [0.717, 1.165) is 0 Å². The van der Waals surface area contributed by atoms with E-state index in [1.165, 1.54) is 118 Å². The number of hydrogen-bond donors (Lipinski definition) is 0. The first kappa shape index (κ1) is 30.2. The third kappa shape index (κ3) is 3.83. The SMILES string of the molecule is CC1(C)c2cc(N(c3ccc4c(c3)sc3ccccc34)c3cccc4c3sc3ccccc34)cc3c2-c2c1ccc1c4ccccc4n(c21)-c1ccccc1-3. The van der Waals surface area contributed by atoms with Crippen molar-refractivity contribution in [1.82, 2.24) is 4.57 Å². The lowest BCUT2D eigenvalue weighted by Crippen LogP contribution is -2.17. The Kier molecular flexibility index (Phi) is 5.76. The molecule has 55 heavy (non-hydrogen) atoms. The van der Waals surface area contributed by atoms with E-state index < -0.39 is 0 Å². The number of para-hydroxylation sites is 2. The summed E-state index contributed by atoms with van der Waals surface area (Å²) in [7, 11) is 0. The van der Waals surface area contributed by atoms with Gasteiger partial charge < -0.3 is 9.47 Å². The van der Waals surface area contributed by atoms with Crippen molar-refractivity contribution in [2.45, 2.75) is 19.3 Å². The Labute approximate surface area is 325 Å². The third-order valence-corrected chi connectivity index (χ3v) is 14.8. The summed E-state index contributed by atoms with van der Waals surface area (Å²) in [6.45, 7) is 4.86. The maximum absolute atomic E-state index is 2.55. The molecule has 0 atom stereocenters. The lowest BCUT2D eigenvalue weighted by atomic mass is 9.81. The minimum absolute atomic E-state index is 0.206. The first-order valence-corrected chi connectivity index (χ1v) is 20.6. The Morgan fingerprint density at radius 2 is 1.16 bits per heavy atom. The molecule has 2 aliphatic rings. The van der Waals surface area contributed by atoms with Crippen LogP contribution < -0.4 is 4.90 Å². The minimum atomic E-state index is -0.206. The standard InChI is InChI=1S/C51H32N2S2/c1-51(2)39-25-24-36-31-12-3-7-17-41(31)53-42-18-8-4-13-32(42)38-26-30(27-40(51)47(38)48(39)49(36)53)52(29-22-23-35-33-14-5-9-20-44(33)54-46(35)28-29)43-19-11-16-37-34-15-6-10-21-45(34)55-50(37)43/h3-28H,1-2H3. The molecule has 0 bridgehead atoms. The lowest BCUT2D eigenvalue weighted by molar-refractivity contribution is 0.661. The largest absolute Gasteiger partial charge is 0.309 e. The Balaban J connectivity index is 1.16. The average molecular weight is 737 g/mol. The van der Waals surface area contributed by atoms with Crippen LogP contribution in [0, 0.1) is 0 Å². The van der Waals surface area contributed by atoms with E-state index in [-0.39, 0.29) is 5.41 Å². The van der Waals surface area contributed by atoms with Crippen LogP contribution in [0.4, 0.5) is 17.1 Å². The minimum Gasteiger partial charge on any atom is -0.309 e. The first-order valence-electron chi connectivity index (χ1n) is 19.0. The predicted octanol–water partition coefficient (Wildman–Crippen LogP) is 15.3. The number of rotatable bonds is 3. The second-order valence-corrected chi connectivity index (χ2v) is 17.8. The van der Waals surface area contributed by atoms with Gasteiger partial charge in [0.05, 0.1) is 27.1 Å². The number of anilines is 3. The quantitative estimate of drug-likeness (QED) is 0.175. The normalized spacial score (nSPS) is 13.8. The summed E-state index contributed by atoms with van der Waals surface area (Å²) in [5.41, 5.74) is 15.3. The third-order valence-electron chi connectivity index (χ3n) is 12.5. The predicted molar refractivity (Wildman–Crippen MR) is 238 cm³/mol. The van der Waals surface area contributed by atoms with Gasteiger partial charge in [0, 0.05) is 74.3 Å². The highest BCUT2D eigenvalue weighted by Gasteiger charge is 2.42. The van der Waals surface area contributed by atoms with Gasteiger partial charge in [0.2, 0.25) is 0 Å². The molecule has 0 amide bonds. The van der Waals surface area contributed by atoms with E-state index in [9.17, 15) is 0 Å². The fourth-order valence-corrected chi connectivity index (χ4v) is 12.4. The second kappa shape index (κ2) is 10.5. The number of thiophene rings is 2. The van der Waals surface area contributed by atoms with E-state index in [1.54, 1.807) is 0 Å². The molecule has 4 heterocycles. The molecular formula is C51H32N2S2. The highest BCUT2D eigenvalue weighted by Crippen LogP contribution is 2.60. The number of aromatic nitrogens is 1. The molecule has 0 radical (unpaired) electrons. The van der Waals surface area contributed by atoms with Crippen LogP contribution in [-0.4, -0.2) is 4.57 Å². The van der Waals surface area contributed by atoms with Crippen molar-refractivity contribution in [2.75, 3.05) is 4.90 Å². The molecule has 4 heteroatoms. The Morgan fingerprint density at radius 3 is 2.04 bits per heavy atom. The van der Waals surface area contributed by atoms with Crippen molar-refractivity contribution in [2.24, 2.45) is 0 Å². The van der Waals surface area contributed by atoms with Crippen LogP contribution in [0.5, 0.6) is 0 Å². The van der Waals surface area contributed by atoms with Crippen LogP contribution in [-0.2, 0) is 5.41 Å². The summed E-state index contributed by atoms with van der Waals surface area (Å²) >= 11 is 3.78. The van der Waals surface area contributed by atoms with Crippen LogP contribution >= 0.6 is 22.7 Å². The molecule has 13 rings (SSSR count). The van der Waals surface area contributed by atoms with E-state index in [2.05, 4.69) is 181 Å². The van der Waals surface area contributed by atoms with Gasteiger partial charge in [-0.15, -0.1) is 22.7 Å². The average Bonchev–Trinajstić information content (AvgIpc) is 3.92. The zero-order valence-corrected chi connectivity index (χ0v) is 31.9. The van der Waals surface area contributed by atoms with Gasteiger partial charge in [-0.3, -0.25) is 0 Å². The summed E-state index contributed by atoms with van der Waals surface area (Å²) in [6, 6.07) is 59.4. The monoisotopic (exact) mass is 736 g/mol. The van der Waals surface area contributed by atoms with Crippen molar-refractivity contribution in [1.29, 1.82) is 0 Å². The highest BCUT2D eigenvalue weighted by molar-refractivity contribution is 7.26. The maximum atomic E-state index is 2.55. The van der Waals surface area contributed by atoms with Gasteiger partial charge in [-0.25, -0.2) is 0 Å². The molecule has 11 aromatic rings. The Morgan fingerprint density at radius 1 is 0.473 bits per heavy atom. The summed E-state index contributed by atoms with van der Waals surface area (Å²) in [6.07, 6.45) is 0. The van der Waals surface area contributed by atoms with Crippen molar-refractivity contribution in [3.8, 4) is 27.9 Å². The van der Waals surface area contributed by atoms with Gasteiger partial charge >= 0.3 is 0 Å². The molecule has 0 saturated carbocycles. The van der Waals surface area contributed by atoms with Gasteiger partial charge in [-0.1, -0.05) is 117 Å². The Hall–Kier alpha value is -6.20. The molecule has 0 fully saturated rings. The smallest absolute Gasteiger partial charge is 0.0640 e. The zero-order valence-electron chi connectivity index (χ0n) is 30.2. The Bertz CT molecular complexity index is 3480. The van der Waals surface area contributed by atoms with E-state index in [4.69, 9.17) is 0 Å². The van der Waals surface area contributed by atoms with Gasteiger partial charge in [-0.05, 0) is 76.9 Å². The molecule has 8 aromatic carbocycles. The van der Waals surface area contributed by atoms with E-state index in [0.29, 0.717) is 0 Å². The van der Waals surface area contributed by atoms with Gasteiger partial charge in [0.15, 0.2) is 0 Å². The molecular weight excluding hydrogens is 705 g/mol. The summed E-state index contributed by atoms with van der Waals surface area (Å²) in [4.78, 5) is 2.55. The molecule has 3 aromatic heterocycles. The van der Waals surface area contributed by atoms with Gasteiger partial charge in [0.25, 0.3) is 0 Å². The number of hydrogen-bond acceptors (Lipinski definition) is 3. The zero-order chi connectivity index (χ0) is 36.2. The maximum Gasteiger partial charge on any atom is 0.0640 e. The van der Waals surface area contributed by atoms with E-state index >= 15 is 0 Å². The second-order valence-electron chi connectivity index (χ2n) is 15.7. The molecule has 0 unspecified atom stereocenters. The van der Waals surface area contributed by atoms with Crippen LogP contribution in [0.15, 0.2) is 158 Å². The van der Waals surface area contributed by atoms with Gasteiger partial charge in [-0.2, -0.15) is 0 Å². The molecule has 0 spiro atoms. The first-order chi connectivity index (χ1) is 27.0. The van der Waals surface area contributed by atoms with Crippen molar-refractivity contribution < 1.29 is 0 Å². The van der Waals surface area contributed by atoms with Crippen LogP contribution in [0.3, 0.4) is 0 Å². The molecule has 0 N–H and O–H groups in total. The molecule has 0 saturated heterocycles. The van der Waals surface area contributed by atoms with Crippen molar-refractivity contribution >= 4 is 102 Å². The van der Waals surface area contributed by atoms with Crippen LogP contribution in [0.2, 0.25) is 0 Å². The summed E-state index contributed by atoms with van der Waals surface area (Å²) < 4.78 is 7.80. The lowest BCUT2D eigenvalue weighted by Gasteiger charge is -2.30. The summed E-state index contributed by atoms with van der Waals surface area (Å²) in [5, 5.41) is 7.88. The highest BCUT2D eigenvalue weighted by atomic mass is 32.1. The fourth-order valence-electron chi connectivity index (χ4n) is 10.0. The fraction of sp³-hybridized carbons (Fsp3) is 0.0588. The molecule has 258 valence electrons. The number of fused-ring (bicyclic) bond motifs is 12. The number of nitrogens with zero attached hydrogens (tertiary/aromatic N) is 2. The topological polar surface area (TPSA) is 8.17 Å². The molecule has 1 aliphatic carbocycles. The molecule has 1 aliphatic heterocycles. The molecule has 2 nitrogen and oxygen atoms in total. The number of benzene rings is 8. The van der Waals surface area contributed by atoms with Crippen LogP contribution in [0.25, 0.3) is 90.1 Å². The summed E-state index contributed by atoms with van der Waals surface area (Å²) in [5.74, 6) is 0. The van der Waals surface area contributed by atoms with Crippen LogP contribution in [0.1, 0.15) is 25.0 Å². The van der Waals surface area contributed by atoms with Gasteiger partial charge in [0.1, 0.15) is 0 Å².